The van der Waals surface area contributed by atoms with E-state index in [0.29, 0.717) is 12.8 Å². The van der Waals surface area contributed by atoms with Crippen LogP contribution in [0, 0.1) is 0 Å². The number of unbranched alkanes of at least 4 members (excludes halogenated alkanes) is 37. The quantitative estimate of drug-likeness (QED) is 0.0229. The molecule has 66 heavy (non-hydrogen) atoms. The van der Waals surface area contributed by atoms with Crippen molar-refractivity contribution >= 4 is 25.7 Å². The summed E-state index contributed by atoms with van der Waals surface area (Å²) < 4.78 is 32.9. The van der Waals surface area contributed by atoms with Gasteiger partial charge < -0.3 is 25.2 Å². The number of ether oxygens (including phenoxy) is 2. The molecular weight excluding hydrogens is 854 g/mol. The Morgan fingerprint density at radius 3 is 1.11 bits per heavy atom. The van der Waals surface area contributed by atoms with Gasteiger partial charge in [0.1, 0.15) is 12.6 Å². The molecule has 3 unspecified atom stereocenters. The molecule has 3 atom stereocenters. The van der Waals surface area contributed by atoms with Crippen molar-refractivity contribution < 1.29 is 47.5 Å². The zero-order valence-electron chi connectivity index (χ0n) is 42.8. The van der Waals surface area contributed by atoms with Crippen LogP contribution >= 0.6 is 7.82 Å². The molecule has 0 spiro atoms. The summed E-state index contributed by atoms with van der Waals surface area (Å²) >= 11 is 0. The number of carboxylic acid groups (broad SMARTS) is 1. The van der Waals surface area contributed by atoms with E-state index in [1.165, 1.54) is 205 Å². The number of hydrogen-bond donors (Lipinski definition) is 3. The van der Waals surface area contributed by atoms with Crippen molar-refractivity contribution in [3.63, 3.8) is 0 Å². The molecule has 4 N–H and O–H groups in total. The van der Waals surface area contributed by atoms with Crippen LogP contribution in [0.25, 0.3) is 0 Å². The van der Waals surface area contributed by atoms with Gasteiger partial charge in [-0.15, -0.1) is 0 Å². The maximum Gasteiger partial charge on any atom is 0.472 e. The first-order valence-electron chi connectivity index (χ1n) is 27.7. The third-order valence-electron chi connectivity index (χ3n) is 12.5. The maximum absolute atomic E-state index is 12.7. The van der Waals surface area contributed by atoms with Crippen LogP contribution in [0.2, 0.25) is 0 Å². The van der Waals surface area contributed by atoms with Gasteiger partial charge in [-0.3, -0.25) is 23.4 Å². The van der Waals surface area contributed by atoms with Crippen molar-refractivity contribution in [2.45, 2.75) is 296 Å². The molecule has 0 rings (SSSR count). The van der Waals surface area contributed by atoms with E-state index in [9.17, 15) is 23.8 Å². The molecule has 0 aromatic rings. The number of phosphoric acid groups is 1. The van der Waals surface area contributed by atoms with Gasteiger partial charge in [0.2, 0.25) is 0 Å². The van der Waals surface area contributed by atoms with E-state index in [4.69, 9.17) is 29.4 Å². The number of aliphatic carboxylic acids is 1. The van der Waals surface area contributed by atoms with Gasteiger partial charge in [-0.1, -0.05) is 244 Å². The van der Waals surface area contributed by atoms with E-state index in [0.717, 1.165) is 38.5 Å². The van der Waals surface area contributed by atoms with Gasteiger partial charge in [0.05, 0.1) is 13.2 Å². The Labute approximate surface area is 405 Å². The lowest BCUT2D eigenvalue weighted by molar-refractivity contribution is -0.161. The van der Waals surface area contributed by atoms with E-state index in [-0.39, 0.29) is 19.4 Å². The lowest BCUT2D eigenvalue weighted by atomic mass is 10.0. The fraction of sp³-hybridized carbons (Fsp3) is 0.907. The third-order valence-corrected chi connectivity index (χ3v) is 13.5. The van der Waals surface area contributed by atoms with E-state index in [1.807, 2.05) is 0 Å². The van der Waals surface area contributed by atoms with Crippen LogP contribution < -0.4 is 5.73 Å². The maximum atomic E-state index is 12.7. The molecule has 11 nitrogen and oxygen atoms in total. The molecule has 0 aliphatic rings. The molecule has 0 aromatic carbocycles. The van der Waals surface area contributed by atoms with Crippen molar-refractivity contribution in [3.8, 4) is 0 Å². The first-order chi connectivity index (χ1) is 32.1. The van der Waals surface area contributed by atoms with Gasteiger partial charge in [0.15, 0.2) is 6.10 Å². The average molecular weight is 958 g/mol. The van der Waals surface area contributed by atoms with Gasteiger partial charge in [0, 0.05) is 12.8 Å². The minimum atomic E-state index is -4.72. The van der Waals surface area contributed by atoms with E-state index in [2.05, 4.69) is 26.0 Å². The third kappa shape index (κ3) is 48.7. The minimum absolute atomic E-state index is 0.164. The molecule has 0 radical (unpaired) electrons. The summed E-state index contributed by atoms with van der Waals surface area (Å²) in [7, 11) is -4.72. The van der Waals surface area contributed by atoms with E-state index >= 15 is 0 Å². The van der Waals surface area contributed by atoms with Crippen LogP contribution in [0.3, 0.4) is 0 Å². The molecule has 0 amide bonds. The molecular formula is C54H104NO10P. The normalized spacial score (nSPS) is 13.5. The Morgan fingerprint density at radius 1 is 0.455 bits per heavy atom. The van der Waals surface area contributed by atoms with E-state index < -0.39 is 51.1 Å². The van der Waals surface area contributed by atoms with Gasteiger partial charge in [-0.05, 0) is 38.5 Å². The molecule has 0 aromatic heterocycles. The van der Waals surface area contributed by atoms with E-state index in [1.54, 1.807) is 0 Å². The Hall–Kier alpha value is -1.78. The van der Waals surface area contributed by atoms with Crippen LogP contribution in [0.15, 0.2) is 12.2 Å². The molecule has 0 saturated heterocycles. The number of allylic oxidation sites excluding steroid dienone is 2. The number of hydrogen-bond acceptors (Lipinski definition) is 9. The van der Waals surface area contributed by atoms with Crippen LogP contribution in [0.1, 0.15) is 284 Å². The topological polar surface area (TPSA) is 172 Å². The predicted octanol–water partition coefficient (Wildman–Crippen LogP) is 16.0. The SMILES string of the molecule is CCCCCCCC/C=C\CCCCCCCCCCCC(=O)OC(COC(=O)CCCCCCCCCCCCCCCCCCCCCCCCC)COP(=O)(O)OCC(N)C(=O)O. The minimum Gasteiger partial charge on any atom is -0.480 e. The molecule has 0 heterocycles. The van der Waals surface area contributed by atoms with Gasteiger partial charge in [0.25, 0.3) is 0 Å². The molecule has 0 saturated carbocycles. The summed E-state index contributed by atoms with van der Waals surface area (Å²) in [6.45, 7) is 2.87. The number of carbonyl (C=O) groups is 3. The smallest absolute Gasteiger partial charge is 0.472 e. The van der Waals surface area contributed by atoms with Crippen molar-refractivity contribution in [2.24, 2.45) is 5.73 Å². The number of carboxylic acids is 1. The molecule has 12 heteroatoms. The first-order valence-corrected chi connectivity index (χ1v) is 29.2. The summed E-state index contributed by atoms with van der Waals surface area (Å²) in [5.41, 5.74) is 5.36. The first kappa shape index (κ1) is 64.2. The molecule has 0 bridgehead atoms. The van der Waals surface area contributed by atoms with Crippen molar-refractivity contribution in [1.82, 2.24) is 0 Å². The second-order valence-electron chi connectivity index (χ2n) is 19.1. The molecule has 0 aliphatic heterocycles. The second-order valence-corrected chi connectivity index (χ2v) is 20.5. The average Bonchev–Trinajstić information content (AvgIpc) is 3.30. The zero-order chi connectivity index (χ0) is 48.4. The summed E-state index contributed by atoms with van der Waals surface area (Å²) in [6.07, 6.45) is 54.2. The lowest BCUT2D eigenvalue weighted by Gasteiger charge is -2.20. The van der Waals surface area contributed by atoms with Crippen molar-refractivity contribution in [1.29, 1.82) is 0 Å². The van der Waals surface area contributed by atoms with Crippen molar-refractivity contribution in [3.05, 3.63) is 12.2 Å². The summed E-state index contributed by atoms with van der Waals surface area (Å²) in [5, 5.41) is 8.93. The number of esters is 2. The van der Waals surface area contributed by atoms with Gasteiger partial charge in [-0.25, -0.2) is 4.57 Å². The van der Waals surface area contributed by atoms with Crippen molar-refractivity contribution in [2.75, 3.05) is 19.8 Å². The highest BCUT2D eigenvalue weighted by atomic mass is 31.2. The van der Waals surface area contributed by atoms with Crippen LogP contribution in [-0.4, -0.2) is 59.9 Å². The highest BCUT2D eigenvalue weighted by Crippen LogP contribution is 2.43. The summed E-state index contributed by atoms with van der Waals surface area (Å²) in [5.74, 6) is -2.36. The lowest BCUT2D eigenvalue weighted by Crippen LogP contribution is -2.34. The number of nitrogens with two attached hydrogens (primary N) is 1. The highest BCUT2D eigenvalue weighted by molar-refractivity contribution is 7.47. The van der Waals surface area contributed by atoms with Gasteiger partial charge >= 0.3 is 25.7 Å². The molecule has 0 aliphatic carbocycles. The highest BCUT2D eigenvalue weighted by Gasteiger charge is 2.28. The fourth-order valence-electron chi connectivity index (χ4n) is 8.18. The predicted molar refractivity (Wildman–Crippen MR) is 273 cm³/mol. The monoisotopic (exact) mass is 958 g/mol. The van der Waals surface area contributed by atoms with Gasteiger partial charge in [-0.2, -0.15) is 0 Å². The Bertz CT molecular complexity index is 1170. The second kappa shape index (κ2) is 49.6. The number of carbonyl (C=O) groups excluding carboxylic acids is 2. The fourth-order valence-corrected chi connectivity index (χ4v) is 8.96. The molecule has 0 fully saturated rings. The largest absolute Gasteiger partial charge is 0.480 e. The number of phosphoric ester groups is 1. The Balaban J connectivity index is 4.14. The zero-order valence-corrected chi connectivity index (χ0v) is 43.7. The standard InChI is InChI=1S/C54H104NO10P/c1-3-5-7-9-11-13-15-17-19-21-23-24-25-26-28-29-31-33-35-37-39-41-43-45-52(56)62-47-50(48-63-66(60,61)64-49-51(55)54(58)59)65-53(57)46-44-42-40-38-36-34-32-30-27-22-20-18-16-14-12-10-8-6-4-2/h18,20,50-51H,3-17,19,21-49,55H2,1-2H3,(H,58,59)(H,60,61)/b20-18-. The Kier molecular flexibility index (Phi) is 48.3. The van der Waals surface area contributed by atoms with Crippen LogP contribution in [-0.2, 0) is 37.5 Å². The van der Waals surface area contributed by atoms with Crippen LogP contribution in [0.4, 0.5) is 0 Å². The Morgan fingerprint density at radius 2 is 0.758 bits per heavy atom. The number of rotatable bonds is 53. The summed E-state index contributed by atoms with van der Waals surface area (Å²) in [6, 6.07) is -1.52. The molecule has 390 valence electrons. The van der Waals surface area contributed by atoms with Crippen LogP contribution in [0.5, 0.6) is 0 Å². The summed E-state index contributed by atoms with van der Waals surface area (Å²) in [4.78, 5) is 46.3.